The van der Waals surface area contributed by atoms with Gasteiger partial charge in [-0.2, -0.15) is 0 Å². The van der Waals surface area contributed by atoms with Crippen LogP contribution >= 0.6 is 35.2 Å². The lowest BCUT2D eigenvalue weighted by molar-refractivity contribution is -0.122. The first kappa shape index (κ1) is 18.4. The second kappa shape index (κ2) is 8.31. The van der Waals surface area contributed by atoms with Crippen molar-refractivity contribution in [3.05, 3.63) is 53.6 Å². The molecule has 0 spiro atoms. The third-order valence-electron chi connectivity index (χ3n) is 3.43. The van der Waals surface area contributed by atoms with E-state index in [0.717, 1.165) is 15.9 Å². The van der Waals surface area contributed by atoms with Crippen molar-refractivity contribution in [2.45, 2.75) is 13.0 Å². The van der Waals surface area contributed by atoms with E-state index in [4.69, 9.17) is 23.8 Å². The average molecular weight is 406 g/mol. The van der Waals surface area contributed by atoms with E-state index in [9.17, 15) is 4.79 Å². The van der Waals surface area contributed by atoms with E-state index < -0.39 is 6.04 Å². The lowest BCUT2D eigenvalue weighted by Crippen LogP contribution is -2.49. The van der Waals surface area contributed by atoms with E-state index in [-0.39, 0.29) is 11.0 Å². The van der Waals surface area contributed by atoms with E-state index in [0.29, 0.717) is 10.2 Å². The molecule has 1 atom stereocenters. The van der Waals surface area contributed by atoms with Crippen molar-refractivity contribution in [1.82, 2.24) is 15.8 Å². The fraction of sp³-hybridized carbons (Fsp3) is 0.118. The Bertz CT molecular complexity index is 895. The second-order valence-electron chi connectivity index (χ2n) is 5.43. The van der Waals surface area contributed by atoms with Crippen molar-refractivity contribution in [2.75, 3.05) is 10.6 Å². The maximum absolute atomic E-state index is 12.2. The van der Waals surface area contributed by atoms with E-state index >= 15 is 0 Å². The number of aromatic nitrogens is 1. The number of benzene rings is 2. The van der Waals surface area contributed by atoms with Gasteiger partial charge in [0.05, 0.1) is 10.2 Å². The summed E-state index contributed by atoms with van der Waals surface area (Å²) < 4.78 is 1.06. The number of thiazole rings is 1. The van der Waals surface area contributed by atoms with Gasteiger partial charge in [-0.25, -0.2) is 4.98 Å². The largest absolute Gasteiger partial charge is 0.350 e. The lowest BCUT2D eigenvalue weighted by Gasteiger charge is -2.15. The Labute approximate surface area is 164 Å². The Morgan fingerprint density at radius 1 is 1.15 bits per heavy atom. The molecule has 1 aromatic heterocycles. The molecule has 4 N–H and O–H groups in total. The molecule has 0 aliphatic rings. The van der Waals surface area contributed by atoms with Gasteiger partial charge in [-0.15, -0.1) is 0 Å². The summed E-state index contributed by atoms with van der Waals surface area (Å²) in [6, 6.07) is 14.4. The number of carbonyl (C=O) groups is 1. The van der Waals surface area contributed by atoms with Crippen molar-refractivity contribution >= 4 is 67.2 Å². The maximum Gasteiger partial charge on any atom is 0.260 e. The molecule has 134 valence electrons. The van der Waals surface area contributed by atoms with Crippen LogP contribution in [0.15, 0.2) is 48.5 Å². The molecule has 9 heteroatoms. The SMILES string of the molecule is C[C@@H](Nc1nc2ccccc2s1)C(=O)NNC(=S)Nc1ccc(Cl)cc1. The first-order valence-corrected chi connectivity index (χ1v) is 9.36. The van der Waals surface area contributed by atoms with Crippen molar-refractivity contribution in [1.29, 1.82) is 0 Å². The van der Waals surface area contributed by atoms with Gasteiger partial charge in [0.1, 0.15) is 6.04 Å². The number of hydrazine groups is 1. The van der Waals surface area contributed by atoms with Crippen molar-refractivity contribution in [2.24, 2.45) is 0 Å². The summed E-state index contributed by atoms with van der Waals surface area (Å²) in [4.78, 5) is 16.7. The summed E-state index contributed by atoms with van der Waals surface area (Å²) in [7, 11) is 0. The zero-order chi connectivity index (χ0) is 18.5. The standard InChI is InChI=1S/C17H16ClN5OS2/c1-10(19-17-21-13-4-2-3-5-14(13)26-17)15(24)22-23-16(25)20-12-8-6-11(18)7-9-12/h2-10H,1H3,(H,19,21)(H,22,24)(H2,20,23,25)/t10-/m1/s1. The molecule has 0 saturated carbocycles. The fourth-order valence-electron chi connectivity index (χ4n) is 2.11. The van der Waals surface area contributed by atoms with Crippen molar-refractivity contribution in [3.63, 3.8) is 0 Å². The molecule has 1 amide bonds. The molecule has 26 heavy (non-hydrogen) atoms. The number of rotatable bonds is 4. The summed E-state index contributed by atoms with van der Waals surface area (Å²) in [6.07, 6.45) is 0. The molecule has 0 fully saturated rings. The van der Waals surface area contributed by atoms with Gasteiger partial charge in [-0.3, -0.25) is 15.6 Å². The number of hydrogen-bond donors (Lipinski definition) is 4. The minimum atomic E-state index is -0.485. The highest BCUT2D eigenvalue weighted by Crippen LogP contribution is 2.25. The Balaban J connectivity index is 1.49. The summed E-state index contributed by atoms with van der Waals surface area (Å²) in [5.41, 5.74) is 6.90. The van der Waals surface area contributed by atoms with Crippen LogP contribution in [0.3, 0.4) is 0 Å². The first-order chi connectivity index (χ1) is 12.5. The van der Waals surface area contributed by atoms with Gasteiger partial charge in [0.2, 0.25) is 0 Å². The van der Waals surface area contributed by atoms with E-state index in [1.54, 1.807) is 31.2 Å². The van der Waals surface area contributed by atoms with Crippen LogP contribution in [0.4, 0.5) is 10.8 Å². The predicted molar refractivity (Wildman–Crippen MR) is 112 cm³/mol. The molecule has 0 radical (unpaired) electrons. The van der Waals surface area contributed by atoms with Crippen LogP contribution in [-0.2, 0) is 4.79 Å². The van der Waals surface area contributed by atoms with Crippen LogP contribution in [0.1, 0.15) is 6.92 Å². The number of para-hydroxylation sites is 1. The minimum Gasteiger partial charge on any atom is -0.350 e. The molecular formula is C17H16ClN5OS2. The Kier molecular flexibility index (Phi) is 5.87. The quantitative estimate of drug-likeness (QED) is 0.391. The van der Waals surface area contributed by atoms with E-state index in [2.05, 4.69) is 26.5 Å². The van der Waals surface area contributed by atoms with Crippen LogP contribution in [0.5, 0.6) is 0 Å². The summed E-state index contributed by atoms with van der Waals surface area (Å²) in [5.74, 6) is -0.260. The van der Waals surface area contributed by atoms with Gasteiger partial charge in [0, 0.05) is 10.7 Å². The number of thiocarbonyl (C=S) groups is 1. The van der Waals surface area contributed by atoms with E-state index in [1.165, 1.54) is 11.3 Å². The topological polar surface area (TPSA) is 78.1 Å². The highest BCUT2D eigenvalue weighted by Gasteiger charge is 2.14. The highest BCUT2D eigenvalue weighted by molar-refractivity contribution is 7.80. The van der Waals surface area contributed by atoms with E-state index in [1.807, 2.05) is 24.3 Å². The molecule has 0 bridgehead atoms. The first-order valence-electron chi connectivity index (χ1n) is 7.76. The summed E-state index contributed by atoms with van der Waals surface area (Å²) >= 11 is 12.5. The zero-order valence-electron chi connectivity index (χ0n) is 13.7. The number of nitrogens with one attached hydrogen (secondary N) is 4. The highest BCUT2D eigenvalue weighted by atomic mass is 35.5. The zero-order valence-corrected chi connectivity index (χ0v) is 16.1. The molecule has 0 aliphatic heterocycles. The summed E-state index contributed by atoms with van der Waals surface area (Å²) in [5, 5.41) is 7.63. The van der Waals surface area contributed by atoms with Gasteiger partial charge in [-0.05, 0) is 55.5 Å². The normalized spacial score (nSPS) is 11.6. The van der Waals surface area contributed by atoms with Gasteiger partial charge >= 0.3 is 0 Å². The molecule has 0 aliphatic carbocycles. The van der Waals surface area contributed by atoms with Crippen molar-refractivity contribution in [3.8, 4) is 0 Å². The van der Waals surface area contributed by atoms with Crippen LogP contribution in [0, 0.1) is 0 Å². The third kappa shape index (κ3) is 4.81. The van der Waals surface area contributed by atoms with Crippen molar-refractivity contribution < 1.29 is 4.79 Å². The number of amides is 1. The second-order valence-corrected chi connectivity index (χ2v) is 7.30. The number of carbonyl (C=O) groups excluding carboxylic acids is 1. The molecular weight excluding hydrogens is 390 g/mol. The van der Waals surface area contributed by atoms with Crippen LogP contribution in [0.25, 0.3) is 10.2 Å². The summed E-state index contributed by atoms with van der Waals surface area (Å²) in [6.45, 7) is 1.75. The monoisotopic (exact) mass is 405 g/mol. The number of fused-ring (bicyclic) bond motifs is 1. The minimum absolute atomic E-state index is 0.260. The molecule has 6 nitrogen and oxygen atoms in total. The fourth-order valence-corrected chi connectivity index (χ4v) is 3.35. The van der Waals surface area contributed by atoms with Gasteiger partial charge in [0.15, 0.2) is 10.2 Å². The maximum atomic E-state index is 12.2. The van der Waals surface area contributed by atoms with Gasteiger partial charge in [-0.1, -0.05) is 35.1 Å². The number of nitrogens with zero attached hydrogens (tertiary/aromatic N) is 1. The molecule has 2 aromatic carbocycles. The third-order valence-corrected chi connectivity index (χ3v) is 4.85. The van der Waals surface area contributed by atoms with Gasteiger partial charge in [0.25, 0.3) is 5.91 Å². The molecule has 0 saturated heterocycles. The molecule has 3 aromatic rings. The van der Waals surface area contributed by atoms with Crippen LogP contribution < -0.4 is 21.5 Å². The molecule has 3 rings (SSSR count). The Morgan fingerprint density at radius 3 is 2.62 bits per heavy atom. The number of halogens is 1. The molecule has 1 heterocycles. The molecule has 0 unspecified atom stereocenters. The predicted octanol–water partition coefficient (Wildman–Crippen LogP) is 3.77. The average Bonchev–Trinajstić information content (AvgIpc) is 3.03. The number of anilines is 2. The van der Waals surface area contributed by atoms with Crippen LogP contribution in [0.2, 0.25) is 5.02 Å². The Morgan fingerprint density at radius 2 is 1.88 bits per heavy atom. The van der Waals surface area contributed by atoms with Crippen LogP contribution in [-0.4, -0.2) is 22.0 Å². The lowest BCUT2D eigenvalue weighted by atomic mass is 10.3. The Hall–Kier alpha value is -2.42. The van der Waals surface area contributed by atoms with Gasteiger partial charge < -0.3 is 10.6 Å². The smallest absolute Gasteiger partial charge is 0.260 e. The number of hydrogen-bond acceptors (Lipinski definition) is 5.